The molecule has 1 aliphatic carbocycles. The molecule has 2 aromatic rings. The average Bonchev–Trinajstić information content (AvgIpc) is 3.34. The molecular formula is C18H24N6O. The Morgan fingerprint density at radius 2 is 2.04 bits per heavy atom. The second kappa shape index (κ2) is 7.29. The van der Waals surface area contributed by atoms with E-state index in [-0.39, 0.29) is 5.91 Å². The van der Waals surface area contributed by atoms with Crippen molar-refractivity contribution in [1.29, 1.82) is 0 Å². The van der Waals surface area contributed by atoms with E-state index in [9.17, 15) is 4.79 Å². The molecule has 7 heteroatoms. The number of rotatable bonds is 4. The lowest BCUT2D eigenvalue weighted by Crippen LogP contribution is -2.41. The summed E-state index contributed by atoms with van der Waals surface area (Å²) in [6, 6.07) is 1.73. The largest absolute Gasteiger partial charge is 0.338 e. The Balaban J connectivity index is 1.37. The van der Waals surface area contributed by atoms with Gasteiger partial charge in [0, 0.05) is 31.7 Å². The van der Waals surface area contributed by atoms with Gasteiger partial charge in [0.1, 0.15) is 0 Å². The minimum absolute atomic E-state index is 0.0461. The highest BCUT2D eigenvalue weighted by molar-refractivity contribution is 5.93. The molecule has 0 bridgehead atoms. The lowest BCUT2D eigenvalue weighted by Gasteiger charge is -2.32. The van der Waals surface area contributed by atoms with E-state index in [1.165, 1.54) is 31.9 Å². The molecule has 1 amide bonds. The normalized spacial score (nSPS) is 21.6. The third-order valence-electron chi connectivity index (χ3n) is 5.41. The Bertz CT molecular complexity index is 709. The highest BCUT2D eigenvalue weighted by Gasteiger charge is 2.26. The van der Waals surface area contributed by atoms with Crippen molar-refractivity contribution < 1.29 is 4.79 Å². The Morgan fingerprint density at radius 1 is 1.16 bits per heavy atom. The number of likely N-dealkylation sites (tertiary alicyclic amines) is 1. The fourth-order valence-corrected chi connectivity index (χ4v) is 4.07. The average molecular weight is 340 g/mol. The van der Waals surface area contributed by atoms with Crippen molar-refractivity contribution in [2.24, 2.45) is 5.92 Å². The molecule has 2 aliphatic rings. The van der Waals surface area contributed by atoms with E-state index in [4.69, 9.17) is 0 Å². The topological polar surface area (TPSA) is 76.8 Å². The smallest absolute Gasteiger partial charge is 0.255 e. The Hall–Kier alpha value is -2.31. The van der Waals surface area contributed by atoms with Gasteiger partial charge in [-0.25, -0.2) is 0 Å². The van der Waals surface area contributed by atoms with Gasteiger partial charge >= 0.3 is 0 Å². The summed E-state index contributed by atoms with van der Waals surface area (Å²) >= 11 is 0. The van der Waals surface area contributed by atoms with Crippen LogP contribution in [0.3, 0.4) is 0 Å². The van der Waals surface area contributed by atoms with Gasteiger partial charge in [0.2, 0.25) is 0 Å². The van der Waals surface area contributed by atoms with Crippen LogP contribution in [0.2, 0.25) is 0 Å². The highest BCUT2D eigenvalue weighted by atomic mass is 16.2. The van der Waals surface area contributed by atoms with Crippen molar-refractivity contribution >= 4 is 5.91 Å². The molecule has 7 nitrogen and oxygen atoms in total. The van der Waals surface area contributed by atoms with Gasteiger partial charge in [0.05, 0.1) is 23.7 Å². The molecule has 2 aromatic heterocycles. The molecule has 0 spiro atoms. The lowest BCUT2D eigenvalue weighted by molar-refractivity contribution is 0.0658. The number of hydrogen-bond donors (Lipinski definition) is 0. The number of carbonyl (C=O) groups excluding carboxylic acids is 1. The van der Waals surface area contributed by atoms with Gasteiger partial charge in [-0.2, -0.15) is 10.2 Å². The van der Waals surface area contributed by atoms with Crippen molar-refractivity contribution in [3.8, 4) is 0 Å². The standard InChI is InChI=1S/C18H24N6O/c25-18(16-7-8-19-20-10-16)23-9-3-4-14(11-23)12-24-13-17(21-22-24)15-5-1-2-6-15/h7-8,10,13-15H,1-6,9,11-12H2. The van der Waals surface area contributed by atoms with Crippen molar-refractivity contribution in [2.45, 2.75) is 51.0 Å². The van der Waals surface area contributed by atoms with E-state index >= 15 is 0 Å². The van der Waals surface area contributed by atoms with Gasteiger partial charge in [0.15, 0.2) is 0 Å². The van der Waals surface area contributed by atoms with Gasteiger partial charge in [-0.3, -0.25) is 9.48 Å². The summed E-state index contributed by atoms with van der Waals surface area (Å²) in [6.07, 6.45) is 12.5. The van der Waals surface area contributed by atoms with Crippen molar-refractivity contribution in [2.75, 3.05) is 13.1 Å². The van der Waals surface area contributed by atoms with Crippen LogP contribution in [0.15, 0.2) is 24.7 Å². The van der Waals surface area contributed by atoms with Crippen LogP contribution in [0.4, 0.5) is 0 Å². The van der Waals surface area contributed by atoms with Crippen molar-refractivity contribution in [3.63, 3.8) is 0 Å². The molecule has 1 saturated carbocycles. The summed E-state index contributed by atoms with van der Waals surface area (Å²) in [5.74, 6) is 1.06. The molecule has 0 aromatic carbocycles. The maximum Gasteiger partial charge on any atom is 0.255 e. The molecule has 3 heterocycles. The maximum atomic E-state index is 12.6. The summed E-state index contributed by atoms with van der Waals surface area (Å²) in [5, 5.41) is 16.3. The van der Waals surface area contributed by atoms with E-state index < -0.39 is 0 Å². The molecule has 1 atom stereocenters. The second-order valence-corrected chi connectivity index (χ2v) is 7.24. The third kappa shape index (κ3) is 3.70. The first kappa shape index (κ1) is 16.2. The fraction of sp³-hybridized carbons (Fsp3) is 0.611. The maximum absolute atomic E-state index is 12.6. The fourth-order valence-electron chi connectivity index (χ4n) is 4.07. The van der Waals surface area contributed by atoms with E-state index in [0.717, 1.165) is 38.2 Å². The Morgan fingerprint density at radius 3 is 2.84 bits per heavy atom. The van der Waals surface area contributed by atoms with E-state index in [2.05, 4.69) is 26.7 Å². The zero-order chi connectivity index (χ0) is 17.1. The van der Waals surface area contributed by atoms with Gasteiger partial charge in [-0.05, 0) is 37.7 Å². The molecular weight excluding hydrogens is 316 g/mol. The summed E-state index contributed by atoms with van der Waals surface area (Å²) in [7, 11) is 0. The van der Waals surface area contributed by atoms with E-state index in [1.54, 1.807) is 12.3 Å². The minimum atomic E-state index is 0.0461. The monoisotopic (exact) mass is 340 g/mol. The van der Waals surface area contributed by atoms with Gasteiger partial charge in [0.25, 0.3) is 5.91 Å². The van der Waals surface area contributed by atoms with Crippen LogP contribution in [-0.2, 0) is 6.54 Å². The van der Waals surface area contributed by atoms with Crippen LogP contribution < -0.4 is 0 Å². The minimum Gasteiger partial charge on any atom is -0.338 e. The number of amides is 1. The summed E-state index contributed by atoms with van der Waals surface area (Å²) in [6.45, 7) is 2.40. The second-order valence-electron chi connectivity index (χ2n) is 7.24. The van der Waals surface area contributed by atoms with Gasteiger partial charge in [-0.15, -0.1) is 5.10 Å². The molecule has 0 radical (unpaired) electrons. The Kier molecular flexibility index (Phi) is 4.72. The van der Waals surface area contributed by atoms with Gasteiger partial charge < -0.3 is 4.90 Å². The molecule has 1 saturated heterocycles. The summed E-state index contributed by atoms with van der Waals surface area (Å²) in [4.78, 5) is 14.5. The van der Waals surface area contributed by atoms with E-state index in [1.807, 2.05) is 9.58 Å². The quantitative estimate of drug-likeness (QED) is 0.853. The van der Waals surface area contributed by atoms with Crippen molar-refractivity contribution in [3.05, 3.63) is 35.9 Å². The highest BCUT2D eigenvalue weighted by Crippen LogP contribution is 2.32. The first-order valence-electron chi connectivity index (χ1n) is 9.25. The first-order chi connectivity index (χ1) is 12.3. The van der Waals surface area contributed by atoms with Crippen LogP contribution in [0.1, 0.15) is 60.5 Å². The molecule has 4 rings (SSSR count). The Labute approximate surface area is 147 Å². The van der Waals surface area contributed by atoms with E-state index in [0.29, 0.717) is 17.4 Å². The lowest BCUT2D eigenvalue weighted by atomic mass is 9.97. The number of aromatic nitrogens is 5. The van der Waals surface area contributed by atoms with Crippen LogP contribution in [-0.4, -0.2) is 49.1 Å². The molecule has 132 valence electrons. The molecule has 2 fully saturated rings. The predicted molar refractivity (Wildman–Crippen MR) is 91.9 cm³/mol. The molecule has 0 N–H and O–H groups in total. The molecule has 25 heavy (non-hydrogen) atoms. The van der Waals surface area contributed by atoms with Crippen LogP contribution in [0.25, 0.3) is 0 Å². The van der Waals surface area contributed by atoms with Crippen LogP contribution >= 0.6 is 0 Å². The summed E-state index contributed by atoms with van der Waals surface area (Å²) < 4.78 is 1.97. The number of nitrogens with zero attached hydrogens (tertiary/aromatic N) is 6. The summed E-state index contributed by atoms with van der Waals surface area (Å²) in [5.41, 5.74) is 1.75. The molecule has 1 unspecified atom stereocenters. The SMILES string of the molecule is O=C(c1ccnnc1)N1CCCC(Cn2cc(C3CCCC3)nn2)C1. The molecule has 1 aliphatic heterocycles. The van der Waals surface area contributed by atoms with Crippen molar-refractivity contribution in [1.82, 2.24) is 30.1 Å². The van der Waals surface area contributed by atoms with Crippen LogP contribution in [0, 0.1) is 5.92 Å². The third-order valence-corrected chi connectivity index (χ3v) is 5.41. The number of piperidine rings is 1. The number of carbonyl (C=O) groups is 1. The first-order valence-corrected chi connectivity index (χ1v) is 9.25. The number of hydrogen-bond acceptors (Lipinski definition) is 5. The zero-order valence-corrected chi connectivity index (χ0v) is 14.4. The van der Waals surface area contributed by atoms with Crippen LogP contribution in [0.5, 0.6) is 0 Å². The zero-order valence-electron chi connectivity index (χ0n) is 14.4. The predicted octanol–water partition coefficient (Wildman–Crippen LogP) is 2.28. The van der Waals surface area contributed by atoms with Gasteiger partial charge in [-0.1, -0.05) is 18.1 Å².